The van der Waals surface area contributed by atoms with E-state index in [0.29, 0.717) is 0 Å². The average molecular weight is 455 g/mol. The Morgan fingerprint density at radius 1 is 0.909 bits per heavy atom. The molecule has 2 aromatic rings. The highest BCUT2D eigenvalue weighted by Gasteiger charge is 2.31. The second-order valence-corrected chi connectivity index (χ2v) is 9.10. The number of Topliss-reactive ketones (excluding diaryl/α,β-unsaturated/α-hetero) is 1. The summed E-state index contributed by atoms with van der Waals surface area (Å²) in [6.07, 6.45) is 3.14. The number of carboxylic acid groups (broad SMARTS) is 1. The lowest BCUT2D eigenvalue weighted by Gasteiger charge is -2.34. The van der Waals surface area contributed by atoms with Crippen molar-refractivity contribution >= 4 is 11.8 Å². The standard InChI is InChI=1S/C26H34O4.C3H8/c1-7-26(8-2,21-10-9-20(15-25(28)29)18(5)13-21)22-11-12-24(19(6)14-22)30-16-23(27)17(3)4;1-3-2/h9-14,17H,7-8,15-16H2,1-6H3,(H,28,29);3H2,1-2H3. The van der Waals surface area contributed by atoms with Gasteiger partial charge in [-0.15, -0.1) is 0 Å². The first-order valence-electron chi connectivity index (χ1n) is 12.1. The monoisotopic (exact) mass is 454 g/mol. The molecular formula is C29H42O4. The van der Waals surface area contributed by atoms with E-state index in [4.69, 9.17) is 9.84 Å². The Morgan fingerprint density at radius 2 is 1.42 bits per heavy atom. The number of aliphatic carboxylic acids is 1. The predicted molar refractivity (Wildman–Crippen MR) is 136 cm³/mol. The van der Waals surface area contributed by atoms with Gasteiger partial charge in [-0.3, -0.25) is 9.59 Å². The molecule has 0 bridgehead atoms. The van der Waals surface area contributed by atoms with E-state index in [0.717, 1.165) is 35.3 Å². The van der Waals surface area contributed by atoms with E-state index in [1.165, 1.54) is 17.5 Å². The van der Waals surface area contributed by atoms with Gasteiger partial charge in [0.25, 0.3) is 0 Å². The second kappa shape index (κ2) is 13.2. The minimum absolute atomic E-state index is 0.0373. The van der Waals surface area contributed by atoms with E-state index in [9.17, 15) is 9.59 Å². The maximum Gasteiger partial charge on any atom is 0.307 e. The molecular weight excluding hydrogens is 412 g/mol. The van der Waals surface area contributed by atoms with Crippen molar-refractivity contribution in [2.24, 2.45) is 5.92 Å². The molecule has 4 nitrogen and oxygen atoms in total. The Morgan fingerprint density at radius 3 is 1.85 bits per heavy atom. The molecule has 0 saturated heterocycles. The van der Waals surface area contributed by atoms with Crippen molar-refractivity contribution < 1.29 is 19.4 Å². The molecule has 0 aliphatic rings. The maximum atomic E-state index is 11.9. The van der Waals surface area contributed by atoms with Crippen LogP contribution in [0.1, 0.15) is 88.6 Å². The molecule has 0 aliphatic carbocycles. The van der Waals surface area contributed by atoms with Gasteiger partial charge in [0, 0.05) is 11.3 Å². The highest BCUT2D eigenvalue weighted by Crippen LogP contribution is 2.41. The lowest BCUT2D eigenvalue weighted by molar-refractivity contribution is -0.136. The van der Waals surface area contributed by atoms with Gasteiger partial charge in [-0.05, 0) is 60.6 Å². The van der Waals surface area contributed by atoms with Gasteiger partial charge in [-0.25, -0.2) is 0 Å². The maximum absolute atomic E-state index is 11.9. The minimum Gasteiger partial charge on any atom is -0.486 e. The number of hydrogen-bond acceptors (Lipinski definition) is 3. The zero-order valence-electron chi connectivity index (χ0n) is 21.7. The Balaban J connectivity index is 0.00000172. The normalized spacial score (nSPS) is 11.1. The van der Waals surface area contributed by atoms with Crippen LogP contribution in [0.5, 0.6) is 5.75 Å². The third-order valence-electron chi connectivity index (χ3n) is 6.19. The summed E-state index contributed by atoms with van der Waals surface area (Å²) in [7, 11) is 0. The van der Waals surface area contributed by atoms with Crippen molar-refractivity contribution in [3.05, 3.63) is 64.2 Å². The molecule has 4 heteroatoms. The van der Waals surface area contributed by atoms with Crippen LogP contribution in [-0.4, -0.2) is 23.5 Å². The summed E-state index contributed by atoms with van der Waals surface area (Å²) in [6, 6.07) is 12.4. The molecule has 33 heavy (non-hydrogen) atoms. The molecule has 0 atom stereocenters. The number of ketones is 1. The summed E-state index contributed by atoms with van der Waals surface area (Å²) < 4.78 is 5.77. The van der Waals surface area contributed by atoms with Gasteiger partial charge in [-0.1, -0.05) is 78.3 Å². The molecule has 1 N–H and O–H groups in total. The van der Waals surface area contributed by atoms with Crippen molar-refractivity contribution in [1.82, 2.24) is 0 Å². The van der Waals surface area contributed by atoms with Crippen molar-refractivity contribution in [3.8, 4) is 5.75 Å². The number of carbonyl (C=O) groups excluding carboxylic acids is 1. The molecule has 0 saturated carbocycles. The Labute approximate surface area is 200 Å². The summed E-state index contributed by atoms with van der Waals surface area (Å²) in [5, 5.41) is 9.12. The van der Waals surface area contributed by atoms with Crippen LogP contribution in [0.25, 0.3) is 0 Å². The predicted octanol–water partition coefficient (Wildman–Crippen LogP) is 7.06. The molecule has 0 fully saturated rings. The van der Waals surface area contributed by atoms with E-state index >= 15 is 0 Å². The van der Waals surface area contributed by atoms with Crippen LogP contribution in [0.2, 0.25) is 0 Å². The number of benzene rings is 2. The SMILES string of the molecule is CCC.CCC(CC)(c1ccc(CC(=O)O)c(C)c1)c1ccc(OCC(=O)C(C)C)c(C)c1. The number of hydrogen-bond donors (Lipinski definition) is 1. The summed E-state index contributed by atoms with van der Waals surface area (Å²) in [5.74, 6) is -0.0243. The van der Waals surface area contributed by atoms with Crippen molar-refractivity contribution in [2.75, 3.05) is 6.61 Å². The number of carbonyl (C=O) groups is 2. The van der Waals surface area contributed by atoms with Crippen LogP contribution in [-0.2, 0) is 21.4 Å². The fraction of sp³-hybridized carbons (Fsp3) is 0.517. The number of aryl methyl sites for hydroxylation is 2. The van der Waals surface area contributed by atoms with Crippen LogP contribution in [0.4, 0.5) is 0 Å². The van der Waals surface area contributed by atoms with Crippen molar-refractivity contribution in [3.63, 3.8) is 0 Å². The molecule has 0 heterocycles. The summed E-state index contributed by atoms with van der Waals surface area (Å²) in [4.78, 5) is 23.0. The first kappa shape index (κ1) is 28.4. The van der Waals surface area contributed by atoms with Crippen LogP contribution in [0.3, 0.4) is 0 Å². The molecule has 0 aliphatic heterocycles. The van der Waals surface area contributed by atoms with Crippen molar-refractivity contribution in [2.45, 2.75) is 86.5 Å². The molecule has 0 aromatic heterocycles. The smallest absolute Gasteiger partial charge is 0.307 e. The lowest BCUT2D eigenvalue weighted by Crippen LogP contribution is -2.26. The first-order valence-corrected chi connectivity index (χ1v) is 12.1. The Kier molecular flexibility index (Phi) is 11.3. The first-order chi connectivity index (χ1) is 15.6. The topological polar surface area (TPSA) is 63.6 Å². The van der Waals surface area contributed by atoms with Crippen LogP contribution >= 0.6 is 0 Å². The van der Waals surface area contributed by atoms with Gasteiger partial charge in [0.15, 0.2) is 5.78 Å². The second-order valence-electron chi connectivity index (χ2n) is 9.10. The Bertz CT molecular complexity index is 923. The van der Waals surface area contributed by atoms with Crippen LogP contribution in [0.15, 0.2) is 36.4 Å². The fourth-order valence-corrected chi connectivity index (χ4v) is 4.01. The van der Waals surface area contributed by atoms with Crippen LogP contribution < -0.4 is 4.74 Å². The van der Waals surface area contributed by atoms with E-state index in [2.05, 4.69) is 52.0 Å². The van der Waals surface area contributed by atoms with Gasteiger partial charge in [0.1, 0.15) is 12.4 Å². The van der Waals surface area contributed by atoms with E-state index in [1.54, 1.807) is 0 Å². The lowest BCUT2D eigenvalue weighted by atomic mass is 9.70. The molecule has 0 unspecified atom stereocenters. The molecule has 0 radical (unpaired) electrons. The highest BCUT2D eigenvalue weighted by atomic mass is 16.5. The highest BCUT2D eigenvalue weighted by molar-refractivity contribution is 5.81. The zero-order chi connectivity index (χ0) is 25.2. The number of carboxylic acids is 1. The fourth-order valence-electron chi connectivity index (χ4n) is 4.01. The molecule has 0 spiro atoms. The van der Waals surface area contributed by atoms with Gasteiger partial charge in [0.2, 0.25) is 0 Å². The summed E-state index contributed by atoms with van der Waals surface area (Å²) in [5.41, 5.74) is 5.10. The summed E-state index contributed by atoms with van der Waals surface area (Å²) >= 11 is 0. The third kappa shape index (κ3) is 7.45. The Hall–Kier alpha value is -2.62. The van der Waals surface area contributed by atoms with Gasteiger partial charge in [0.05, 0.1) is 6.42 Å². The van der Waals surface area contributed by atoms with Gasteiger partial charge >= 0.3 is 5.97 Å². The average Bonchev–Trinajstić information content (AvgIpc) is 2.76. The van der Waals surface area contributed by atoms with Gasteiger partial charge < -0.3 is 9.84 Å². The molecule has 0 amide bonds. The summed E-state index contributed by atoms with van der Waals surface area (Å²) in [6.45, 7) is 16.5. The van der Waals surface area contributed by atoms with E-state index < -0.39 is 5.97 Å². The zero-order valence-corrected chi connectivity index (χ0v) is 21.7. The van der Waals surface area contributed by atoms with Gasteiger partial charge in [-0.2, -0.15) is 0 Å². The minimum atomic E-state index is -0.815. The number of ether oxygens (including phenoxy) is 1. The largest absolute Gasteiger partial charge is 0.486 e. The van der Waals surface area contributed by atoms with E-state index in [1.807, 2.05) is 39.8 Å². The third-order valence-corrected chi connectivity index (χ3v) is 6.19. The van der Waals surface area contributed by atoms with Crippen LogP contribution in [0, 0.1) is 19.8 Å². The molecule has 182 valence electrons. The molecule has 2 aromatic carbocycles. The quantitative estimate of drug-likeness (QED) is 0.417. The molecule has 2 rings (SSSR count). The van der Waals surface area contributed by atoms with Crippen molar-refractivity contribution in [1.29, 1.82) is 0 Å². The van der Waals surface area contributed by atoms with E-state index in [-0.39, 0.29) is 30.1 Å². The number of rotatable bonds is 10.